The van der Waals surface area contributed by atoms with Crippen molar-refractivity contribution in [1.82, 2.24) is 15.1 Å². The van der Waals surface area contributed by atoms with Gasteiger partial charge in [-0.15, -0.1) is 11.3 Å². The molecule has 19 heavy (non-hydrogen) atoms. The molecule has 0 saturated carbocycles. The van der Waals surface area contributed by atoms with Gasteiger partial charge in [0.1, 0.15) is 0 Å². The number of fused-ring (bicyclic) bond motifs is 1. The van der Waals surface area contributed by atoms with Gasteiger partial charge in [-0.05, 0) is 18.2 Å². The van der Waals surface area contributed by atoms with E-state index in [4.69, 9.17) is 11.6 Å². The van der Waals surface area contributed by atoms with Crippen LogP contribution in [0.4, 0.5) is 0 Å². The van der Waals surface area contributed by atoms with Crippen molar-refractivity contribution in [3.05, 3.63) is 51.3 Å². The highest BCUT2D eigenvalue weighted by atomic mass is 35.5. The van der Waals surface area contributed by atoms with Gasteiger partial charge in [0.2, 0.25) is 0 Å². The molecule has 0 radical (unpaired) electrons. The zero-order valence-electron chi connectivity index (χ0n) is 10.6. The van der Waals surface area contributed by atoms with Crippen molar-refractivity contribution in [2.75, 3.05) is 0 Å². The third kappa shape index (κ3) is 2.66. The van der Waals surface area contributed by atoms with E-state index in [2.05, 4.69) is 28.6 Å². The fourth-order valence-corrected chi connectivity index (χ4v) is 3.23. The number of nitrogens with one attached hydrogen (secondary N) is 1. The van der Waals surface area contributed by atoms with Gasteiger partial charge < -0.3 is 5.32 Å². The normalized spacial score (nSPS) is 11.3. The van der Waals surface area contributed by atoms with E-state index >= 15 is 0 Å². The third-order valence-corrected chi connectivity index (χ3v) is 4.29. The minimum atomic E-state index is 0.761. The topological polar surface area (TPSA) is 29.9 Å². The smallest absolute Gasteiger partial charge is 0.0931 e. The van der Waals surface area contributed by atoms with Crippen molar-refractivity contribution in [3.63, 3.8) is 0 Å². The van der Waals surface area contributed by atoms with E-state index in [1.54, 1.807) is 11.3 Å². The lowest BCUT2D eigenvalue weighted by Crippen LogP contribution is -2.12. The molecule has 1 N–H and O–H groups in total. The van der Waals surface area contributed by atoms with Gasteiger partial charge in [0.25, 0.3) is 0 Å². The molecule has 0 amide bonds. The Morgan fingerprint density at radius 1 is 1.21 bits per heavy atom. The highest BCUT2D eigenvalue weighted by Crippen LogP contribution is 2.21. The molecule has 0 aliphatic rings. The SMILES string of the molecule is Cn1nc(CNCc2ccc(Cl)s2)c2ccccc21. The number of aryl methyl sites for hydroxylation is 1. The van der Waals surface area contributed by atoms with Gasteiger partial charge in [0.05, 0.1) is 15.5 Å². The zero-order valence-corrected chi connectivity index (χ0v) is 12.1. The lowest BCUT2D eigenvalue weighted by molar-refractivity contribution is 0.667. The number of nitrogens with zero attached hydrogens (tertiary/aromatic N) is 2. The summed E-state index contributed by atoms with van der Waals surface area (Å²) in [5.41, 5.74) is 2.25. The van der Waals surface area contributed by atoms with Crippen LogP contribution in [0.15, 0.2) is 36.4 Å². The molecule has 98 valence electrons. The molecule has 0 spiro atoms. The van der Waals surface area contributed by atoms with Crippen molar-refractivity contribution in [2.45, 2.75) is 13.1 Å². The van der Waals surface area contributed by atoms with Crippen LogP contribution in [0.1, 0.15) is 10.6 Å². The van der Waals surface area contributed by atoms with Crippen LogP contribution in [0.2, 0.25) is 4.34 Å². The van der Waals surface area contributed by atoms with Crippen molar-refractivity contribution >= 4 is 33.8 Å². The molecule has 3 nitrogen and oxygen atoms in total. The second-order valence-corrected chi connectivity index (χ2v) is 6.20. The Hall–Kier alpha value is -1.36. The van der Waals surface area contributed by atoms with E-state index in [9.17, 15) is 0 Å². The Bertz CT molecular complexity index is 702. The molecule has 0 aliphatic carbocycles. The van der Waals surface area contributed by atoms with Crippen LogP contribution in [-0.2, 0) is 20.1 Å². The van der Waals surface area contributed by atoms with Crippen LogP contribution in [0.5, 0.6) is 0 Å². The summed E-state index contributed by atoms with van der Waals surface area (Å²) in [6.45, 7) is 1.58. The Kier molecular flexibility index (Phi) is 3.55. The molecule has 0 atom stereocenters. The second-order valence-electron chi connectivity index (χ2n) is 4.40. The lowest BCUT2D eigenvalue weighted by atomic mass is 10.2. The minimum Gasteiger partial charge on any atom is -0.306 e. The van der Waals surface area contributed by atoms with E-state index in [1.807, 2.05) is 29.9 Å². The highest BCUT2D eigenvalue weighted by Gasteiger charge is 2.07. The number of hydrogen-bond donors (Lipinski definition) is 1. The van der Waals surface area contributed by atoms with E-state index in [0.29, 0.717) is 0 Å². The van der Waals surface area contributed by atoms with Gasteiger partial charge in [-0.1, -0.05) is 29.8 Å². The molecule has 3 aromatic rings. The number of hydrogen-bond acceptors (Lipinski definition) is 3. The monoisotopic (exact) mass is 291 g/mol. The number of rotatable bonds is 4. The van der Waals surface area contributed by atoms with Crippen molar-refractivity contribution < 1.29 is 0 Å². The summed E-state index contributed by atoms with van der Waals surface area (Å²) in [7, 11) is 1.98. The number of halogens is 1. The summed E-state index contributed by atoms with van der Waals surface area (Å²) in [5, 5.41) is 9.18. The number of thiophene rings is 1. The van der Waals surface area contributed by atoms with Crippen LogP contribution in [-0.4, -0.2) is 9.78 Å². The van der Waals surface area contributed by atoms with E-state index < -0.39 is 0 Å². The summed E-state index contributed by atoms with van der Waals surface area (Å²) in [5.74, 6) is 0. The third-order valence-electron chi connectivity index (χ3n) is 3.05. The van der Waals surface area contributed by atoms with Gasteiger partial charge in [-0.2, -0.15) is 5.10 Å². The molecule has 0 bridgehead atoms. The highest BCUT2D eigenvalue weighted by molar-refractivity contribution is 7.16. The van der Waals surface area contributed by atoms with Gasteiger partial charge in [-0.3, -0.25) is 4.68 Å². The molecule has 1 aromatic carbocycles. The Morgan fingerprint density at radius 3 is 2.84 bits per heavy atom. The number of para-hydroxylation sites is 1. The van der Waals surface area contributed by atoms with E-state index in [0.717, 1.165) is 23.1 Å². The van der Waals surface area contributed by atoms with Crippen LogP contribution >= 0.6 is 22.9 Å². The predicted octanol–water partition coefficient (Wildman–Crippen LogP) is 3.58. The molecular formula is C14H14ClN3S. The maximum absolute atomic E-state index is 5.91. The lowest BCUT2D eigenvalue weighted by Gasteiger charge is -2.00. The maximum Gasteiger partial charge on any atom is 0.0931 e. The van der Waals surface area contributed by atoms with Crippen molar-refractivity contribution in [2.24, 2.45) is 7.05 Å². The largest absolute Gasteiger partial charge is 0.306 e. The molecule has 0 saturated heterocycles. The summed E-state index contributed by atoms with van der Waals surface area (Å²) in [6, 6.07) is 12.3. The van der Waals surface area contributed by atoms with Gasteiger partial charge >= 0.3 is 0 Å². The summed E-state index contributed by atoms with van der Waals surface area (Å²) < 4.78 is 2.76. The standard InChI is InChI=1S/C14H14ClN3S/c1-18-13-5-3-2-4-11(13)12(17-18)9-16-8-10-6-7-14(15)19-10/h2-7,16H,8-9H2,1H3. The summed E-state index contributed by atoms with van der Waals surface area (Å²) in [4.78, 5) is 1.24. The van der Waals surface area contributed by atoms with E-state index in [1.165, 1.54) is 15.8 Å². The average Bonchev–Trinajstić information content (AvgIpc) is 2.96. The van der Waals surface area contributed by atoms with Crippen molar-refractivity contribution in [1.29, 1.82) is 0 Å². The summed E-state index contributed by atoms with van der Waals surface area (Å²) >= 11 is 7.52. The molecule has 5 heteroatoms. The van der Waals surface area contributed by atoms with Crippen molar-refractivity contribution in [3.8, 4) is 0 Å². The second kappa shape index (κ2) is 5.33. The summed E-state index contributed by atoms with van der Waals surface area (Å²) in [6.07, 6.45) is 0. The van der Waals surface area contributed by atoms with Crippen LogP contribution in [0, 0.1) is 0 Å². The molecule has 2 aromatic heterocycles. The Balaban J connectivity index is 1.72. The van der Waals surface area contributed by atoms with Gasteiger partial charge in [0.15, 0.2) is 0 Å². The fourth-order valence-electron chi connectivity index (χ4n) is 2.17. The van der Waals surface area contributed by atoms with Crippen LogP contribution in [0.25, 0.3) is 10.9 Å². The molecule has 0 unspecified atom stereocenters. The number of benzene rings is 1. The zero-order chi connectivity index (χ0) is 13.2. The van der Waals surface area contributed by atoms with Gasteiger partial charge in [-0.25, -0.2) is 0 Å². The maximum atomic E-state index is 5.91. The Morgan fingerprint density at radius 2 is 2.05 bits per heavy atom. The first kappa shape index (κ1) is 12.7. The molecule has 2 heterocycles. The first-order valence-corrected chi connectivity index (χ1v) is 7.29. The fraction of sp³-hybridized carbons (Fsp3) is 0.214. The number of aromatic nitrogens is 2. The molecule has 3 rings (SSSR count). The molecule has 0 fully saturated rings. The van der Waals surface area contributed by atoms with Gasteiger partial charge in [0, 0.05) is 30.4 Å². The first-order chi connectivity index (χ1) is 9.24. The first-order valence-electron chi connectivity index (χ1n) is 6.09. The molecular weight excluding hydrogens is 278 g/mol. The Labute approximate surface area is 120 Å². The quantitative estimate of drug-likeness (QED) is 0.796. The predicted molar refractivity (Wildman–Crippen MR) is 80.6 cm³/mol. The van der Waals surface area contributed by atoms with E-state index in [-0.39, 0.29) is 0 Å². The van der Waals surface area contributed by atoms with Crippen LogP contribution in [0.3, 0.4) is 0 Å². The van der Waals surface area contributed by atoms with Crippen LogP contribution < -0.4 is 5.32 Å². The molecule has 0 aliphatic heterocycles. The average molecular weight is 292 g/mol. The minimum absolute atomic E-state index is 0.761.